The van der Waals surface area contributed by atoms with Crippen molar-refractivity contribution in [1.29, 1.82) is 0 Å². The molecule has 0 aliphatic heterocycles. The second kappa shape index (κ2) is 57.8. The Balaban J connectivity index is 4.74. The van der Waals surface area contributed by atoms with Crippen LogP contribution in [0.25, 0.3) is 0 Å². The topological polar surface area (TPSA) is 155 Å². The molecule has 438 valence electrons. The highest BCUT2D eigenvalue weighted by Crippen LogP contribution is 2.43. The SMILES string of the molecule is CC/C=C\C/C=C\C/C=C\C/C=C\CCCCC(=O)OCC(COP(=O)(O)OCC(CO)OC(=O)CCCCCCCCCCCCCCCCCCC)OC(=O)CCCCCCCCC/C=C\C/C=C\C/C=C\CC. The highest BCUT2D eigenvalue weighted by molar-refractivity contribution is 7.47. The number of phosphoric ester groups is 1. The fraction of sp³-hybridized carbons (Fsp3) is 0.734. The van der Waals surface area contributed by atoms with Crippen LogP contribution in [0.15, 0.2) is 85.1 Å². The molecule has 0 aliphatic rings. The largest absolute Gasteiger partial charge is 0.472 e. The highest BCUT2D eigenvalue weighted by Gasteiger charge is 2.28. The van der Waals surface area contributed by atoms with Crippen LogP contribution < -0.4 is 0 Å². The van der Waals surface area contributed by atoms with Gasteiger partial charge in [0, 0.05) is 19.3 Å². The van der Waals surface area contributed by atoms with Crippen molar-refractivity contribution in [2.75, 3.05) is 26.4 Å². The van der Waals surface area contributed by atoms with Crippen molar-refractivity contribution in [2.45, 2.75) is 277 Å². The number of carbonyl (C=O) groups excluding carboxylic acids is 3. The number of ether oxygens (including phenoxy) is 3. The summed E-state index contributed by atoms with van der Waals surface area (Å²) in [5.74, 6) is -1.52. The Labute approximate surface area is 464 Å². The predicted molar refractivity (Wildman–Crippen MR) is 316 cm³/mol. The summed E-state index contributed by atoms with van der Waals surface area (Å²) in [5.41, 5.74) is 0. The van der Waals surface area contributed by atoms with Crippen molar-refractivity contribution in [1.82, 2.24) is 0 Å². The quantitative estimate of drug-likeness (QED) is 0.0197. The summed E-state index contributed by atoms with van der Waals surface area (Å²) in [6, 6.07) is 0. The van der Waals surface area contributed by atoms with E-state index < -0.39 is 57.8 Å². The van der Waals surface area contributed by atoms with Crippen LogP contribution in [0.4, 0.5) is 0 Å². The van der Waals surface area contributed by atoms with Gasteiger partial charge in [-0.2, -0.15) is 0 Å². The average Bonchev–Trinajstić information content (AvgIpc) is 3.41. The minimum Gasteiger partial charge on any atom is -0.462 e. The number of carbonyl (C=O) groups is 3. The number of rotatable bonds is 56. The molecule has 0 saturated heterocycles. The molecule has 11 nitrogen and oxygen atoms in total. The van der Waals surface area contributed by atoms with E-state index in [2.05, 4.69) is 106 Å². The Hall–Kier alpha value is -3.34. The Bertz CT molecular complexity index is 1600. The summed E-state index contributed by atoms with van der Waals surface area (Å²) in [6.07, 6.45) is 66.8. The van der Waals surface area contributed by atoms with E-state index in [-0.39, 0.29) is 25.9 Å². The van der Waals surface area contributed by atoms with Crippen molar-refractivity contribution in [2.24, 2.45) is 0 Å². The molecule has 0 bridgehead atoms. The first-order valence-corrected chi connectivity index (χ1v) is 32.0. The molecule has 0 fully saturated rings. The molecule has 0 rings (SSSR count). The molecule has 0 saturated carbocycles. The van der Waals surface area contributed by atoms with Gasteiger partial charge in [-0.15, -0.1) is 0 Å². The van der Waals surface area contributed by atoms with Crippen molar-refractivity contribution in [3.8, 4) is 0 Å². The number of aliphatic hydroxyl groups is 1. The van der Waals surface area contributed by atoms with Crippen LogP contribution in [0.3, 0.4) is 0 Å². The summed E-state index contributed by atoms with van der Waals surface area (Å²) in [6.45, 7) is 4.39. The van der Waals surface area contributed by atoms with Gasteiger partial charge in [0.1, 0.15) is 12.7 Å². The van der Waals surface area contributed by atoms with Crippen LogP contribution in [0.2, 0.25) is 0 Å². The van der Waals surface area contributed by atoms with Crippen molar-refractivity contribution in [3.05, 3.63) is 85.1 Å². The van der Waals surface area contributed by atoms with E-state index >= 15 is 0 Å². The maximum Gasteiger partial charge on any atom is 0.472 e. The van der Waals surface area contributed by atoms with E-state index in [1.165, 1.54) is 89.9 Å². The van der Waals surface area contributed by atoms with Gasteiger partial charge in [-0.3, -0.25) is 23.4 Å². The van der Waals surface area contributed by atoms with Crippen LogP contribution in [-0.4, -0.2) is 66.5 Å². The molecule has 0 radical (unpaired) electrons. The van der Waals surface area contributed by atoms with Gasteiger partial charge in [0.25, 0.3) is 0 Å². The maximum absolute atomic E-state index is 12.9. The van der Waals surface area contributed by atoms with Crippen LogP contribution in [0.1, 0.15) is 265 Å². The third-order valence-corrected chi connectivity index (χ3v) is 13.8. The van der Waals surface area contributed by atoms with Crippen LogP contribution in [-0.2, 0) is 42.2 Å². The minimum atomic E-state index is -4.76. The molecule has 0 aliphatic carbocycles. The Morgan fingerprint density at radius 1 is 0.382 bits per heavy atom. The third kappa shape index (κ3) is 55.4. The first-order chi connectivity index (χ1) is 37.2. The average molecular weight is 1090 g/mol. The number of allylic oxidation sites excluding steroid dienone is 14. The smallest absolute Gasteiger partial charge is 0.462 e. The zero-order chi connectivity index (χ0) is 55.5. The van der Waals surface area contributed by atoms with Crippen molar-refractivity contribution in [3.63, 3.8) is 0 Å². The molecule has 3 atom stereocenters. The van der Waals surface area contributed by atoms with E-state index in [1.54, 1.807) is 0 Å². The van der Waals surface area contributed by atoms with E-state index in [0.29, 0.717) is 19.3 Å². The van der Waals surface area contributed by atoms with Crippen molar-refractivity contribution >= 4 is 25.7 Å². The Morgan fingerprint density at radius 2 is 0.684 bits per heavy atom. The summed E-state index contributed by atoms with van der Waals surface area (Å²) >= 11 is 0. The lowest BCUT2D eigenvalue weighted by Gasteiger charge is -2.21. The van der Waals surface area contributed by atoms with Gasteiger partial charge in [0.05, 0.1) is 19.8 Å². The third-order valence-electron chi connectivity index (χ3n) is 12.8. The van der Waals surface area contributed by atoms with Gasteiger partial charge in [-0.05, 0) is 89.9 Å². The molecule has 3 unspecified atom stereocenters. The molecule has 76 heavy (non-hydrogen) atoms. The number of hydrogen-bond acceptors (Lipinski definition) is 10. The lowest BCUT2D eigenvalue weighted by molar-refractivity contribution is -0.161. The van der Waals surface area contributed by atoms with Gasteiger partial charge in [0.15, 0.2) is 6.10 Å². The van der Waals surface area contributed by atoms with E-state index in [9.17, 15) is 28.9 Å². The van der Waals surface area contributed by atoms with Crippen LogP contribution >= 0.6 is 7.82 Å². The van der Waals surface area contributed by atoms with Crippen LogP contribution in [0.5, 0.6) is 0 Å². The van der Waals surface area contributed by atoms with Gasteiger partial charge in [0.2, 0.25) is 0 Å². The number of esters is 3. The number of hydrogen-bond donors (Lipinski definition) is 2. The second-order valence-corrected chi connectivity index (χ2v) is 21.6. The van der Waals surface area contributed by atoms with Gasteiger partial charge in [-0.1, -0.05) is 241 Å². The number of unbranched alkanes of at least 4 members (excludes halogenated alkanes) is 25. The highest BCUT2D eigenvalue weighted by atomic mass is 31.2. The van der Waals surface area contributed by atoms with Gasteiger partial charge >= 0.3 is 25.7 Å². The zero-order valence-electron chi connectivity index (χ0n) is 48.5. The fourth-order valence-electron chi connectivity index (χ4n) is 8.25. The first-order valence-electron chi connectivity index (χ1n) is 30.5. The van der Waals surface area contributed by atoms with E-state index in [4.69, 9.17) is 23.3 Å². The number of aliphatic hydroxyl groups excluding tert-OH is 1. The first kappa shape index (κ1) is 72.7. The molecule has 2 N–H and O–H groups in total. The summed E-state index contributed by atoms with van der Waals surface area (Å²) < 4.78 is 39.6. The molecule has 0 spiro atoms. The lowest BCUT2D eigenvalue weighted by atomic mass is 10.0. The second-order valence-electron chi connectivity index (χ2n) is 20.1. The molecule has 0 aromatic rings. The molecule has 0 amide bonds. The predicted octanol–water partition coefficient (Wildman–Crippen LogP) is 18.3. The van der Waals surface area contributed by atoms with Gasteiger partial charge < -0.3 is 24.2 Å². The van der Waals surface area contributed by atoms with Gasteiger partial charge in [-0.25, -0.2) is 4.57 Å². The summed E-state index contributed by atoms with van der Waals surface area (Å²) in [4.78, 5) is 48.6. The lowest BCUT2D eigenvalue weighted by Crippen LogP contribution is -2.30. The Morgan fingerprint density at radius 3 is 1.08 bits per heavy atom. The monoisotopic (exact) mass is 1090 g/mol. The molecule has 0 aromatic carbocycles. The zero-order valence-corrected chi connectivity index (χ0v) is 49.3. The van der Waals surface area contributed by atoms with Crippen molar-refractivity contribution < 1.29 is 52.2 Å². The Kier molecular flexibility index (Phi) is 55.3. The van der Waals surface area contributed by atoms with E-state index in [0.717, 1.165) is 116 Å². The van der Waals surface area contributed by atoms with Crippen LogP contribution in [0, 0.1) is 0 Å². The molecule has 12 heteroatoms. The molecule has 0 heterocycles. The minimum absolute atomic E-state index is 0.145. The summed E-state index contributed by atoms with van der Waals surface area (Å²) in [7, 11) is -4.76. The summed E-state index contributed by atoms with van der Waals surface area (Å²) in [5, 5.41) is 9.84. The fourth-order valence-corrected chi connectivity index (χ4v) is 9.03. The molecular weight excluding hydrogens is 976 g/mol. The molecule has 0 aromatic heterocycles. The maximum atomic E-state index is 12.9. The van der Waals surface area contributed by atoms with E-state index in [1.807, 2.05) is 0 Å². The molecular formula is C64H111O11P. The number of phosphoric acid groups is 1. The standard InChI is InChI=1S/C64H111O11P/c1-4-7-10-13-16-19-22-25-28-30-33-36-39-42-45-48-51-54-63(67)74-60(56-65)58-72-76(69,70)73-59-61(57-71-62(66)53-50-47-44-41-38-35-32-27-24-21-18-15-12-9-6-3)75-64(68)55-52-49-46-43-40-37-34-31-29-26-23-20-17-14-11-8-5-2/h8-9,11-12,17-18,20-21,26-27,29,32,38,41,60-61,65H,4-7,10,13-16,19,22-25,28,30-31,33-37,39-40,42-59H2,1-3H3,(H,69,70)/b11-8-,12-9-,20-17-,21-18-,29-26-,32-27-,41-38-. The normalized spacial score (nSPS) is 13.9.